The molecule has 1 aliphatic heterocycles. The quantitative estimate of drug-likeness (QED) is 0.521. The molecule has 0 radical (unpaired) electrons. The Labute approximate surface area is 170 Å². The summed E-state index contributed by atoms with van der Waals surface area (Å²) in [5, 5.41) is 4.54. The van der Waals surface area contributed by atoms with Crippen molar-refractivity contribution >= 4 is 22.5 Å². The highest BCUT2D eigenvalue weighted by Gasteiger charge is 2.27. The van der Waals surface area contributed by atoms with Gasteiger partial charge < -0.3 is 5.32 Å². The number of nitrogens with zero attached hydrogens (tertiary/aromatic N) is 4. The minimum atomic E-state index is 0.326. The van der Waals surface area contributed by atoms with Crippen LogP contribution in [0.15, 0.2) is 79.1 Å². The summed E-state index contributed by atoms with van der Waals surface area (Å²) in [5.74, 6) is 1.64. The summed E-state index contributed by atoms with van der Waals surface area (Å²) in [6.07, 6.45) is 5.95. The number of anilines is 2. The number of aromatic nitrogens is 3. The molecule has 1 fully saturated rings. The number of rotatable bonds is 5. The SMILES string of the molecule is c1ccc(Nc2cccc(C3CCCN3Cc3cccc4ncccc34)n2)nc1. The Hall–Kier alpha value is -3.31. The highest BCUT2D eigenvalue weighted by molar-refractivity contribution is 5.81. The molecule has 0 bridgehead atoms. The topological polar surface area (TPSA) is 53.9 Å². The number of hydrogen-bond acceptors (Lipinski definition) is 5. The summed E-state index contributed by atoms with van der Waals surface area (Å²) in [6.45, 7) is 1.99. The van der Waals surface area contributed by atoms with E-state index >= 15 is 0 Å². The number of fused-ring (bicyclic) bond motifs is 1. The highest BCUT2D eigenvalue weighted by Crippen LogP contribution is 2.33. The van der Waals surface area contributed by atoms with Crippen LogP contribution in [0.1, 0.15) is 30.1 Å². The van der Waals surface area contributed by atoms with Crippen LogP contribution < -0.4 is 5.32 Å². The zero-order valence-electron chi connectivity index (χ0n) is 16.2. The molecule has 0 saturated carbocycles. The molecule has 1 saturated heterocycles. The van der Waals surface area contributed by atoms with Gasteiger partial charge in [-0.3, -0.25) is 9.88 Å². The molecule has 1 N–H and O–H groups in total. The number of benzene rings is 1. The van der Waals surface area contributed by atoms with E-state index in [1.54, 1.807) is 6.20 Å². The molecule has 4 aromatic rings. The molecule has 4 heterocycles. The molecule has 0 spiro atoms. The van der Waals surface area contributed by atoms with Crippen LogP contribution in [-0.2, 0) is 6.54 Å². The maximum Gasteiger partial charge on any atom is 0.131 e. The van der Waals surface area contributed by atoms with Gasteiger partial charge >= 0.3 is 0 Å². The van der Waals surface area contributed by atoms with E-state index in [1.807, 2.05) is 36.5 Å². The summed E-state index contributed by atoms with van der Waals surface area (Å²) < 4.78 is 0. The van der Waals surface area contributed by atoms with Gasteiger partial charge in [-0.2, -0.15) is 0 Å². The molecule has 29 heavy (non-hydrogen) atoms. The molecule has 5 rings (SSSR count). The Balaban J connectivity index is 1.39. The van der Waals surface area contributed by atoms with Gasteiger partial charge in [0.2, 0.25) is 0 Å². The minimum absolute atomic E-state index is 0.326. The molecule has 5 nitrogen and oxygen atoms in total. The summed E-state index contributed by atoms with van der Waals surface area (Å²) in [7, 11) is 0. The van der Waals surface area contributed by atoms with Crippen molar-refractivity contribution in [2.45, 2.75) is 25.4 Å². The van der Waals surface area contributed by atoms with Crippen molar-refractivity contribution < 1.29 is 0 Å². The van der Waals surface area contributed by atoms with Crippen LogP contribution in [0.3, 0.4) is 0 Å². The average molecular weight is 381 g/mol. The van der Waals surface area contributed by atoms with Gasteiger partial charge in [0.25, 0.3) is 0 Å². The van der Waals surface area contributed by atoms with Gasteiger partial charge in [0, 0.05) is 24.3 Å². The molecular weight excluding hydrogens is 358 g/mol. The Kier molecular flexibility index (Phi) is 4.88. The van der Waals surface area contributed by atoms with Crippen molar-refractivity contribution in [2.75, 3.05) is 11.9 Å². The molecule has 1 atom stereocenters. The molecule has 1 unspecified atom stereocenters. The summed E-state index contributed by atoms with van der Waals surface area (Å²) in [5.41, 5.74) is 3.49. The summed E-state index contributed by atoms with van der Waals surface area (Å²) >= 11 is 0. The lowest BCUT2D eigenvalue weighted by molar-refractivity contribution is 0.245. The molecule has 1 aromatic carbocycles. The maximum atomic E-state index is 4.90. The van der Waals surface area contributed by atoms with E-state index in [9.17, 15) is 0 Å². The van der Waals surface area contributed by atoms with E-state index in [-0.39, 0.29) is 0 Å². The van der Waals surface area contributed by atoms with Gasteiger partial charge in [-0.1, -0.05) is 30.3 Å². The smallest absolute Gasteiger partial charge is 0.131 e. The third-order valence-corrected chi connectivity index (χ3v) is 5.51. The zero-order valence-corrected chi connectivity index (χ0v) is 16.2. The predicted molar refractivity (Wildman–Crippen MR) is 116 cm³/mol. The van der Waals surface area contributed by atoms with Crippen LogP contribution in [-0.4, -0.2) is 26.4 Å². The lowest BCUT2D eigenvalue weighted by Gasteiger charge is -2.25. The van der Waals surface area contributed by atoms with Crippen LogP contribution in [0.2, 0.25) is 0 Å². The van der Waals surface area contributed by atoms with Gasteiger partial charge in [-0.25, -0.2) is 9.97 Å². The van der Waals surface area contributed by atoms with Crippen LogP contribution in [0.5, 0.6) is 0 Å². The fraction of sp³-hybridized carbons (Fsp3) is 0.208. The molecule has 0 amide bonds. The van der Waals surface area contributed by atoms with E-state index in [0.717, 1.165) is 42.4 Å². The summed E-state index contributed by atoms with van der Waals surface area (Å²) in [6, 6.07) is 22.9. The molecular formula is C24H23N5. The first kappa shape index (κ1) is 17.8. The van der Waals surface area contributed by atoms with Crippen LogP contribution in [0.4, 0.5) is 11.6 Å². The second-order valence-electron chi connectivity index (χ2n) is 7.40. The first-order valence-electron chi connectivity index (χ1n) is 10.1. The van der Waals surface area contributed by atoms with Gasteiger partial charge in [-0.05, 0) is 61.3 Å². The number of nitrogens with one attached hydrogen (secondary N) is 1. The minimum Gasteiger partial charge on any atom is -0.325 e. The Bertz CT molecular complexity index is 1110. The molecule has 1 aliphatic rings. The largest absolute Gasteiger partial charge is 0.325 e. The average Bonchev–Trinajstić information content (AvgIpc) is 3.23. The second-order valence-corrected chi connectivity index (χ2v) is 7.40. The van der Waals surface area contributed by atoms with E-state index < -0.39 is 0 Å². The van der Waals surface area contributed by atoms with E-state index in [2.05, 4.69) is 56.6 Å². The first-order valence-corrected chi connectivity index (χ1v) is 10.1. The third-order valence-electron chi connectivity index (χ3n) is 5.51. The predicted octanol–water partition coefficient (Wildman–Crippen LogP) is 5.11. The van der Waals surface area contributed by atoms with Crippen LogP contribution >= 0.6 is 0 Å². The van der Waals surface area contributed by atoms with E-state index in [1.165, 1.54) is 17.4 Å². The Morgan fingerprint density at radius 3 is 2.69 bits per heavy atom. The number of pyridine rings is 3. The van der Waals surface area contributed by atoms with Crippen molar-refractivity contribution in [1.82, 2.24) is 19.9 Å². The number of likely N-dealkylation sites (tertiary alicyclic amines) is 1. The first-order chi connectivity index (χ1) is 14.4. The molecule has 3 aromatic heterocycles. The van der Waals surface area contributed by atoms with Gasteiger partial charge in [-0.15, -0.1) is 0 Å². The lowest BCUT2D eigenvalue weighted by Crippen LogP contribution is -2.23. The van der Waals surface area contributed by atoms with Crippen LogP contribution in [0, 0.1) is 0 Å². The molecule has 5 heteroatoms. The fourth-order valence-corrected chi connectivity index (χ4v) is 4.15. The van der Waals surface area contributed by atoms with Crippen LogP contribution in [0.25, 0.3) is 10.9 Å². The monoisotopic (exact) mass is 381 g/mol. The van der Waals surface area contributed by atoms with Gasteiger partial charge in [0.1, 0.15) is 11.6 Å². The van der Waals surface area contributed by atoms with Gasteiger partial charge in [0.15, 0.2) is 0 Å². The van der Waals surface area contributed by atoms with Crippen molar-refractivity contribution in [1.29, 1.82) is 0 Å². The summed E-state index contributed by atoms with van der Waals surface area (Å²) in [4.78, 5) is 16.3. The third kappa shape index (κ3) is 3.82. The highest BCUT2D eigenvalue weighted by atomic mass is 15.2. The van der Waals surface area contributed by atoms with E-state index in [4.69, 9.17) is 4.98 Å². The second kappa shape index (κ2) is 7.97. The standard InChI is InChI=1S/C24H23N5/c1-2-14-26-23(12-1)28-24-13-4-10-21(27-24)22-11-6-16-29(22)17-18-7-3-9-20-19(18)8-5-15-25-20/h1-5,7-10,12-15,22H,6,11,16-17H2,(H,26,27,28). The maximum absolute atomic E-state index is 4.90. The van der Waals surface area contributed by atoms with Crippen molar-refractivity contribution in [3.8, 4) is 0 Å². The van der Waals surface area contributed by atoms with Crippen molar-refractivity contribution in [3.63, 3.8) is 0 Å². The molecule has 0 aliphatic carbocycles. The van der Waals surface area contributed by atoms with Gasteiger partial charge in [0.05, 0.1) is 17.3 Å². The molecule has 144 valence electrons. The van der Waals surface area contributed by atoms with Crippen molar-refractivity contribution in [2.24, 2.45) is 0 Å². The fourth-order valence-electron chi connectivity index (χ4n) is 4.15. The Morgan fingerprint density at radius 1 is 0.862 bits per heavy atom. The number of hydrogen-bond donors (Lipinski definition) is 1. The normalized spacial score (nSPS) is 16.9. The van der Waals surface area contributed by atoms with Crippen molar-refractivity contribution in [3.05, 3.63) is 90.4 Å². The Morgan fingerprint density at radius 2 is 1.76 bits per heavy atom. The lowest BCUT2D eigenvalue weighted by atomic mass is 10.1. The van der Waals surface area contributed by atoms with E-state index in [0.29, 0.717) is 6.04 Å². The zero-order chi connectivity index (χ0) is 19.5.